The summed E-state index contributed by atoms with van der Waals surface area (Å²) >= 11 is 0. The third-order valence-corrected chi connectivity index (χ3v) is 2.40. The Morgan fingerprint density at radius 3 is 2.76 bits per heavy atom. The molecule has 17 heavy (non-hydrogen) atoms. The van der Waals surface area contributed by atoms with Crippen molar-refractivity contribution in [3.05, 3.63) is 30.1 Å². The van der Waals surface area contributed by atoms with Crippen LogP contribution in [0.5, 0.6) is 0 Å². The van der Waals surface area contributed by atoms with Gasteiger partial charge in [-0.1, -0.05) is 6.07 Å². The first kappa shape index (κ1) is 13.6. The van der Waals surface area contributed by atoms with Crippen molar-refractivity contribution in [2.75, 3.05) is 13.6 Å². The molecule has 4 heteroatoms. The molecule has 0 aliphatic rings. The molecule has 94 valence electrons. The molecule has 0 aromatic carbocycles. The Morgan fingerprint density at radius 1 is 1.53 bits per heavy atom. The molecule has 1 aromatic heterocycles. The highest BCUT2D eigenvalue weighted by Crippen LogP contribution is 2.07. The van der Waals surface area contributed by atoms with Gasteiger partial charge < -0.3 is 10.0 Å². The van der Waals surface area contributed by atoms with Gasteiger partial charge in [0.15, 0.2) is 0 Å². The zero-order valence-corrected chi connectivity index (χ0v) is 10.7. The SMILES string of the molecule is CN(CC(C)(C)O)C(=O)CCc1cccnc1. The summed E-state index contributed by atoms with van der Waals surface area (Å²) < 4.78 is 0. The highest BCUT2D eigenvalue weighted by molar-refractivity contribution is 5.76. The van der Waals surface area contributed by atoms with Crippen LogP contribution in [0.3, 0.4) is 0 Å². The maximum absolute atomic E-state index is 11.8. The van der Waals surface area contributed by atoms with Crippen LogP contribution in [-0.4, -0.2) is 40.1 Å². The highest BCUT2D eigenvalue weighted by atomic mass is 16.3. The number of likely N-dealkylation sites (N-methyl/N-ethyl adjacent to an activating group) is 1. The van der Waals surface area contributed by atoms with Crippen molar-refractivity contribution in [1.82, 2.24) is 9.88 Å². The minimum Gasteiger partial charge on any atom is -0.389 e. The van der Waals surface area contributed by atoms with Gasteiger partial charge in [-0.25, -0.2) is 0 Å². The first-order chi connectivity index (χ1) is 7.88. The normalized spacial score (nSPS) is 11.3. The molecule has 0 saturated heterocycles. The van der Waals surface area contributed by atoms with Crippen LogP contribution >= 0.6 is 0 Å². The minimum absolute atomic E-state index is 0.0379. The first-order valence-corrected chi connectivity index (χ1v) is 5.74. The molecule has 0 aliphatic heterocycles. The maximum atomic E-state index is 11.8. The fraction of sp³-hybridized carbons (Fsp3) is 0.538. The molecule has 1 heterocycles. The van der Waals surface area contributed by atoms with Gasteiger partial charge in [0.1, 0.15) is 0 Å². The molecule has 1 amide bonds. The minimum atomic E-state index is -0.848. The van der Waals surface area contributed by atoms with Gasteiger partial charge in [-0.15, -0.1) is 0 Å². The van der Waals surface area contributed by atoms with Crippen LogP contribution < -0.4 is 0 Å². The molecule has 0 atom stereocenters. The van der Waals surface area contributed by atoms with Gasteiger partial charge in [0.2, 0.25) is 5.91 Å². The van der Waals surface area contributed by atoms with Gasteiger partial charge in [-0.05, 0) is 31.9 Å². The number of hydrogen-bond acceptors (Lipinski definition) is 3. The second-order valence-electron chi connectivity index (χ2n) is 4.92. The van der Waals surface area contributed by atoms with Crippen molar-refractivity contribution in [2.45, 2.75) is 32.3 Å². The van der Waals surface area contributed by atoms with Crippen LogP contribution in [0.25, 0.3) is 0 Å². The molecule has 0 aliphatic carbocycles. The zero-order chi connectivity index (χ0) is 12.9. The number of hydrogen-bond donors (Lipinski definition) is 1. The molecule has 0 fully saturated rings. The van der Waals surface area contributed by atoms with Crippen molar-refractivity contribution < 1.29 is 9.90 Å². The van der Waals surface area contributed by atoms with Crippen LogP contribution in [0.15, 0.2) is 24.5 Å². The van der Waals surface area contributed by atoms with E-state index in [0.717, 1.165) is 5.56 Å². The molecule has 0 unspecified atom stereocenters. The zero-order valence-electron chi connectivity index (χ0n) is 10.7. The summed E-state index contributed by atoms with van der Waals surface area (Å²) in [6, 6.07) is 3.82. The fourth-order valence-corrected chi connectivity index (χ4v) is 1.66. The van der Waals surface area contributed by atoms with E-state index in [9.17, 15) is 9.90 Å². The Balaban J connectivity index is 2.40. The van der Waals surface area contributed by atoms with Crippen LogP contribution in [0, 0.1) is 0 Å². The van der Waals surface area contributed by atoms with Gasteiger partial charge in [-0.2, -0.15) is 0 Å². The van der Waals surface area contributed by atoms with Crippen molar-refractivity contribution >= 4 is 5.91 Å². The highest BCUT2D eigenvalue weighted by Gasteiger charge is 2.18. The summed E-state index contributed by atoms with van der Waals surface area (Å²) in [6.45, 7) is 3.73. The third-order valence-electron chi connectivity index (χ3n) is 2.40. The number of carbonyl (C=O) groups is 1. The van der Waals surface area contributed by atoms with Crippen molar-refractivity contribution in [2.24, 2.45) is 0 Å². The van der Waals surface area contributed by atoms with E-state index in [4.69, 9.17) is 0 Å². The Morgan fingerprint density at radius 2 is 2.24 bits per heavy atom. The Bertz CT molecular complexity index is 357. The molecule has 0 radical (unpaired) electrons. The Hall–Kier alpha value is -1.42. The predicted molar refractivity (Wildman–Crippen MR) is 66.5 cm³/mol. The van der Waals surface area contributed by atoms with Gasteiger partial charge >= 0.3 is 0 Å². The second kappa shape index (κ2) is 5.77. The lowest BCUT2D eigenvalue weighted by Gasteiger charge is -2.25. The molecule has 4 nitrogen and oxygen atoms in total. The fourth-order valence-electron chi connectivity index (χ4n) is 1.66. The molecular formula is C13H20N2O2. The number of rotatable bonds is 5. The average Bonchev–Trinajstić information content (AvgIpc) is 2.25. The van der Waals surface area contributed by atoms with Gasteiger partial charge in [0, 0.05) is 32.4 Å². The van der Waals surface area contributed by atoms with E-state index in [1.54, 1.807) is 38.2 Å². The van der Waals surface area contributed by atoms with Gasteiger partial charge in [0.25, 0.3) is 0 Å². The molecule has 1 aromatic rings. The van der Waals surface area contributed by atoms with Gasteiger partial charge in [0.05, 0.1) is 5.60 Å². The van der Waals surface area contributed by atoms with E-state index >= 15 is 0 Å². The Kier molecular flexibility index (Phi) is 4.63. The topological polar surface area (TPSA) is 53.4 Å². The third kappa shape index (κ3) is 5.45. The van der Waals surface area contributed by atoms with Crippen molar-refractivity contribution in [3.8, 4) is 0 Å². The lowest BCUT2D eigenvalue weighted by Crippen LogP contribution is -2.39. The summed E-state index contributed by atoms with van der Waals surface area (Å²) in [6.07, 6.45) is 4.61. The summed E-state index contributed by atoms with van der Waals surface area (Å²) in [5.41, 5.74) is 0.205. The lowest BCUT2D eigenvalue weighted by molar-refractivity contribution is -0.132. The van der Waals surface area contributed by atoms with E-state index in [1.165, 1.54) is 0 Å². The van der Waals surface area contributed by atoms with Crippen LogP contribution in [0.2, 0.25) is 0 Å². The number of nitrogens with zero attached hydrogens (tertiary/aromatic N) is 2. The number of aromatic nitrogens is 1. The molecule has 1 rings (SSSR count). The number of amides is 1. The summed E-state index contributed by atoms with van der Waals surface area (Å²) in [5.74, 6) is 0.0379. The number of aliphatic hydroxyl groups is 1. The van der Waals surface area contributed by atoms with E-state index < -0.39 is 5.60 Å². The summed E-state index contributed by atoms with van der Waals surface area (Å²) in [5, 5.41) is 9.62. The maximum Gasteiger partial charge on any atom is 0.222 e. The summed E-state index contributed by atoms with van der Waals surface area (Å²) in [7, 11) is 1.71. The van der Waals surface area contributed by atoms with E-state index in [-0.39, 0.29) is 5.91 Å². The van der Waals surface area contributed by atoms with Crippen molar-refractivity contribution in [3.63, 3.8) is 0 Å². The largest absolute Gasteiger partial charge is 0.389 e. The van der Waals surface area contributed by atoms with Crippen LogP contribution in [0.4, 0.5) is 0 Å². The molecule has 0 saturated carbocycles. The van der Waals surface area contributed by atoms with E-state index in [2.05, 4.69) is 4.98 Å². The number of carbonyl (C=O) groups excluding carboxylic acids is 1. The van der Waals surface area contributed by atoms with E-state index in [1.807, 2.05) is 12.1 Å². The number of pyridine rings is 1. The quantitative estimate of drug-likeness (QED) is 0.837. The predicted octanol–water partition coefficient (Wildman–Crippen LogP) is 1.24. The Labute approximate surface area is 102 Å². The standard InChI is InChI=1S/C13H20N2O2/c1-13(2,17)10-15(3)12(16)7-6-11-5-4-8-14-9-11/h4-5,8-9,17H,6-7,10H2,1-3H3. The molecule has 0 bridgehead atoms. The number of aryl methyl sites for hydroxylation is 1. The van der Waals surface area contributed by atoms with Gasteiger partial charge in [-0.3, -0.25) is 9.78 Å². The monoisotopic (exact) mass is 236 g/mol. The van der Waals surface area contributed by atoms with E-state index in [0.29, 0.717) is 19.4 Å². The van der Waals surface area contributed by atoms with Crippen LogP contribution in [-0.2, 0) is 11.2 Å². The van der Waals surface area contributed by atoms with Crippen LogP contribution in [0.1, 0.15) is 25.8 Å². The average molecular weight is 236 g/mol. The molecular weight excluding hydrogens is 216 g/mol. The second-order valence-corrected chi connectivity index (χ2v) is 4.92. The molecule has 1 N–H and O–H groups in total. The first-order valence-electron chi connectivity index (χ1n) is 5.74. The lowest BCUT2D eigenvalue weighted by atomic mass is 10.1. The molecule has 0 spiro atoms. The summed E-state index contributed by atoms with van der Waals surface area (Å²) in [4.78, 5) is 17.4. The smallest absolute Gasteiger partial charge is 0.222 e. The van der Waals surface area contributed by atoms with Crippen molar-refractivity contribution in [1.29, 1.82) is 0 Å².